The van der Waals surface area contributed by atoms with Crippen LogP contribution < -0.4 is 0 Å². The quantitative estimate of drug-likeness (QED) is 0.599. The SMILES string of the molecule is CC(C)C1CCCCc2c(Cl)cccc21. The molecule has 0 radical (unpaired) electrons. The van der Waals surface area contributed by atoms with Crippen molar-refractivity contribution >= 4 is 11.6 Å². The Kier molecular flexibility index (Phi) is 3.35. The molecule has 1 aromatic rings. The van der Waals surface area contributed by atoms with Crippen LogP contribution in [0.4, 0.5) is 0 Å². The molecule has 0 heterocycles. The maximum Gasteiger partial charge on any atom is 0.0440 e. The van der Waals surface area contributed by atoms with Gasteiger partial charge in [0, 0.05) is 5.02 Å². The molecule has 0 N–H and O–H groups in total. The van der Waals surface area contributed by atoms with E-state index in [1.54, 1.807) is 0 Å². The van der Waals surface area contributed by atoms with Gasteiger partial charge in [0.2, 0.25) is 0 Å². The van der Waals surface area contributed by atoms with Crippen molar-refractivity contribution in [2.24, 2.45) is 5.92 Å². The zero-order chi connectivity index (χ0) is 10.8. The van der Waals surface area contributed by atoms with Gasteiger partial charge >= 0.3 is 0 Å². The van der Waals surface area contributed by atoms with E-state index in [9.17, 15) is 0 Å². The number of hydrogen-bond donors (Lipinski definition) is 0. The van der Waals surface area contributed by atoms with Gasteiger partial charge in [0.15, 0.2) is 0 Å². The molecule has 2 rings (SSSR count). The van der Waals surface area contributed by atoms with E-state index in [0.29, 0.717) is 5.92 Å². The van der Waals surface area contributed by atoms with Crippen LogP contribution in [-0.2, 0) is 6.42 Å². The van der Waals surface area contributed by atoms with Crippen molar-refractivity contribution in [3.63, 3.8) is 0 Å². The highest BCUT2D eigenvalue weighted by Crippen LogP contribution is 2.38. The van der Waals surface area contributed by atoms with E-state index >= 15 is 0 Å². The van der Waals surface area contributed by atoms with Crippen LogP contribution in [0.15, 0.2) is 18.2 Å². The lowest BCUT2D eigenvalue weighted by Gasteiger charge is -2.21. The van der Waals surface area contributed by atoms with Crippen LogP contribution in [-0.4, -0.2) is 0 Å². The molecule has 0 bridgehead atoms. The molecule has 0 spiro atoms. The first-order valence-electron chi connectivity index (χ1n) is 5.97. The molecular formula is C14H19Cl. The first-order valence-corrected chi connectivity index (χ1v) is 6.35. The topological polar surface area (TPSA) is 0 Å². The third kappa shape index (κ3) is 2.20. The maximum atomic E-state index is 6.28. The molecule has 1 heteroatoms. The minimum atomic E-state index is 0.709. The van der Waals surface area contributed by atoms with Crippen LogP contribution in [0.25, 0.3) is 0 Å². The van der Waals surface area contributed by atoms with Crippen LogP contribution >= 0.6 is 11.6 Å². The number of hydrogen-bond acceptors (Lipinski definition) is 0. The van der Waals surface area contributed by atoms with Gasteiger partial charge in [0.05, 0.1) is 0 Å². The van der Waals surface area contributed by atoms with Crippen LogP contribution in [0.2, 0.25) is 5.02 Å². The number of fused-ring (bicyclic) bond motifs is 1. The predicted molar refractivity (Wildman–Crippen MR) is 66.6 cm³/mol. The molecule has 0 aromatic heterocycles. The maximum absolute atomic E-state index is 6.28. The summed E-state index contributed by atoms with van der Waals surface area (Å²) in [6.45, 7) is 4.64. The Labute approximate surface area is 97.6 Å². The molecule has 0 fully saturated rings. The van der Waals surface area contributed by atoms with Crippen LogP contribution in [0, 0.1) is 5.92 Å². The summed E-state index contributed by atoms with van der Waals surface area (Å²) in [5, 5.41) is 0.972. The molecule has 1 unspecified atom stereocenters. The van der Waals surface area contributed by atoms with Gasteiger partial charge in [-0.3, -0.25) is 0 Å². The Balaban J connectivity index is 2.45. The average molecular weight is 223 g/mol. The van der Waals surface area contributed by atoms with Gasteiger partial charge in [-0.2, -0.15) is 0 Å². The van der Waals surface area contributed by atoms with E-state index in [1.807, 2.05) is 6.07 Å². The van der Waals surface area contributed by atoms with Gasteiger partial charge < -0.3 is 0 Å². The fraction of sp³-hybridized carbons (Fsp3) is 0.571. The second kappa shape index (κ2) is 4.57. The predicted octanol–water partition coefficient (Wildman–Crippen LogP) is 4.81. The monoisotopic (exact) mass is 222 g/mol. The highest BCUT2D eigenvalue weighted by atomic mass is 35.5. The number of rotatable bonds is 1. The molecule has 0 nitrogen and oxygen atoms in total. The summed E-state index contributed by atoms with van der Waals surface area (Å²) in [5.74, 6) is 1.43. The van der Waals surface area contributed by atoms with E-state index in [2.05, 4.69) is 26.0 Å². The molecule has 15 heavy (non-hydrogen) atoms. The highest BCUT2D eigenvalue weighted by Gasteiger charge is 2.22. The standard InChI is InChI=1S/C14H19Cl/c1-10(2)11-6-3-4-7-13-12(11)8-5-9-14(13)15/h5,8-11H,3-4,6-7H2,1-2H3. The second-order valence-electron chi connectivity index (χ2n) is 4.90. The Morgan fingerprint density at radius 3 is 2.80 bits per heavy atom. The van der Waals surface area contributed by atoms with Crippen molar-refractivity contribution < 1.29 is 0 Å². The minimum absolute atomic E-state index is 0.709. The molecule has 0 aliphatic heterocycles. The van der Waals surface area contributed by atoms with E-state index < -0.39 is 0 Å². The Morgan fingerprint density at radius 2 is 2.07 bits per heavy atom. The van der Waals surface area contributed by atoms with Crippen molar-refractivity contribution in [1.82, 2.24) is 0 Å². The smallest absolute Gasteiger partial charge is 0.0440 e. The third-order valence-electron chi connectivity index (χ3n) is 3.55. The summed E-state index contributed by atoms with van der Waals surface area (Å²) in [4.78, 5) is 0. The summed E-state index contributed by atoms with van der Waals surface area (Å²) < 4.78 is 0. The highest BCUT2D eigenvalue weighted by molar-refractivity contribution is 6.31. The first kappa shape index (κ1) is 11.0. The Morgan fingerprint density at radius 1 is 1.27 bits per heavy atom. The number of benzene rings is 1. The minimum Gasteiger partial charge on any atom is -0.0840 e. The van der Waals surface area contributed by atoms with E-state index in [-0.39, 0.29) is 0 Å². The van der Waals surface area contributed by atoms with Crippen LogP contribution in [0.1, 0.15) is 50.2 Å². The van der Waals surface area contributed by atoms with E-state index in [0.717, 1.165) is 17.4 Å². The fourth-order valence-corrected chi connectivity index (χ4v) is 2.98. The molecule has 1 aliphatic carbocycles. The molecule has 0 amide bonds. The zero-order valence-corrected chi connectivity index (χ0v) is 10.3. The third-order valence-corrected chi connectivity index (χ3v) is 3.91. The van der Waals surface area contributed by atoms with Crippen molar-refractivity contribution in [2.75, 3.05) is 0 Å². The normalized spacial score (nSPS) is 21.2. The van der Waals surface area contributed by atoms with Gasteiger partial charge in [-0.15, -0.1) is 0 Å². The Hall–Kier alpha value is -0.490. The van der Waals surface area contributed by atoms with Crippen molar-refractivity contribution in [3.05, 3.63) is 34.3 Å². The van der Waals surface area contributed by atoms with Crippen molar-refractivity contribution in [3.8, 4) is 0 Å². The van der Waals surface area contributed by atoms with Gasteiger partial charge in [-0.25, -0.2) is 0 Å². The second-order valence-corrected chi connectivity index (χ2v) is 5.31. The van der Waals surface area contributed by atoms with Gasteiger partial charge in [0.25, 0.3) is 0 Å². The summed E-state index contributed by atoms with van der Waals surface area (Å²) in [6, 6.07) is 6.40. The summed E-state index contributed by atoms with van der Waals surface area (Å²) in [5.41, 5.74) is 2.92. The van der Waals surface area contributed by atoms with Gasteiger partial charge in [-0.05, 0) is 48.3 Å². The number of halogens is 1. The van der Waals surface area contributed by atoms with Crippen molar-refractivity contribution in [1.29, 1.82) is 0 Å². The molecule has 1 aliphatic rings. The van der Waals surface area contributed by atoms with E-state index in [4.69, 9.17) is 11.6 Å². The molecule has 82 valence electrons. The fourth-order valence-electron chi connectivity index (χ4n) is 2.70. The molecule has 0 saturated carbocycles. The van der Waals surface area contributed by atoms with Crippen LogP contribution in [0.5, 0.6) is 0 Å². The summed E-state index contributed by atoms with van der Waals surface area (Å²) in [7, 11) is 0. The lowest BCUT2D eigenvalue weighted by molar-refractivity contribution is 0.460. The lowest BCUT2D eigenvalue weighted by atomic mass is 9.84. The lowest BCUT2D eigenvalue weighted by Crippen LogP contribution is -2.07. The molecule has 0 saturated heterocycles. The summed E-state index contributed by atoms with van der Waals surface area (Å²) >= 11 is 6.28. The van der Waals surface area contributed by atoms with E-state index in [1.165, 1.54) is 30.4 Å². The van der Waals surface area contributed by atoms with Gasteiger partial charge in [0.1, 0.15) is 0 Å². The average Bonchev–Trinajstić information content (AvgIpc) is 2.40. The summed E-state index contributed by atoms with van der Waals surface area (Å²) in [6.07, 6.45) is 5.12. The molecular weight excluding hydrogens is 204 g/mol. The largest absolute Gasteiger partial charge is 0.0840 e. The zero-order valence-electron chi connectivity index (χ0n) is 9.59. The molecule has 1 atom stereocenters. The van der Waals surface area contributed by atoms with Crippen molar-refractivity contribution in [2.45, 2.75) is 45.4 Å². The first-order chi connectivity index (χ1) is 7.20. The molecule has 1 aromatic carbocycles. The van der Waals surface area contributed by atoms with Crippen LogP contribution in [0.3, 0.4) is 0 Å². The Bertz CT molecular complexity index is 341. The van der Waals surface area contributed by atoms with Gasteiger partial charge in [-0.1, -0.05) is 44.0 Å².